The van der Waals surface area contributed by atoms with E-state index in [9.17, 15) is 27.5 Å². The first-order valence-electron chi connectivity index (χ1n) is 15.6. The number of nitrogens with zero attached hydrogens (tertiary/aromatic N) is 5. The second-order valence-corrected chi connectivity index (χ2v) is 12.2. The minimum Gasteiger partial charge on any atom is -0.485 e. The molecule has 2 aromatic carbocycles. The summed E-state index contributed by atoms with van der Waals surface area (Å²) in [7, 11) is 0. The Morgan fingerprint density at radius 3 is 2.59 bits per heavy atom. The van der Waals surface area contributed by atoms with E-state index in [4.69, 9.17) is 30.8 Å². The lowest BCUT2D eigenvalue weighted by Crippen LogP contribution is -2.52. The Kier molecular flexibility index (Phi) is 10.6. The Labute approximate surface area is 283 Å². The molecule has 262 valence electrons. The summed E-state index contributed by atoms with van der Waals surface area (Å²) >= 11 is 5.95. The maximum atomic E-state index is 13.1. The number of pyridine rings is 1. The standard InChI is InChI=1S/C33H34ClF4N5O6/c1-19-14-42(28-3-2-4-30(39-28)48-17-20-5-6-22(34)13-25(20)49-33(37)38)9-8-41(19)16-29-40-31-24(43(29)15-23-7-10-46-23)11-21(32(44)45)12-26(31)47-18-27(35)36/h2-6,11-13,19,23,27,33H,7-10,14-18H2,1H3,(H,44,45)/t19-,23-/m0/s1. The number of carboxylic acids is 1. The Morgan fingerprint density at radius 2 is 1.90 bits per heavy atom. The van der Waals surface area contributed by atoms with Crippen LogP contribution in [-0.2, 0) is 24.4 Å². The summed E-state index contributed by atoms with van der Waals surface area (Å²) in [6, 6.07) is 12.5. The summed E-state index contributed by atoms with van der Waals surface area (Å²) in [6.45, 7) is 1.43. The monoisotopic (exact) mass is 707 g/mol. The van der Waals surface area contributed by atoms with Crippen molar-refractivity contribution in [3.05, 3.63) is 70.5 Å². The number of alkyl halides is 4. The summed E-state index contributed by atoms with van der Waals surface area (Å²) in [6.07, 6.45) is -1.98. The number of hydrogen-bond donors (Lipinski definition) is 1. The van der Waals surface area contributed by atoms with Gasteiger partial charge in [0.05, 0.1) is 30.3 Å². The van der Waals surface area contributed by atoms with Gasteiger partial charge in [-0.15, -0.1) is 0 Å². The van der Waals surface area contributed by atoms with E-state index in [1.54, 1.807) is 24.3 Å². The number of ether oxygens (including phenoxy) is 4. The molecule has 2 aliphatic rings. The number of halogens is 5. The Bertz CT molecular complexity index is 1790. The summed E-state index contributed by atoms with van der Waals surface area (Å²) in [5, 5.41) is 9.98. The summed E-state index contributed by atoms with van der Waals surface area (Å²) in [5.41, 5.74) is 1.10. The van der Waals surface area contributed by atoms with Crippen LogP contribution in [0.5, 0.6) is 17.4 Å². The van der Waals surface area contributed by atoms with Crippen molar-refractivity contribution in [2.24, 2.45) is 0 Å². The average Bonchev–Trinajstić information content (AvgIpc) is 3.38. The lowest BCUT2D eigenvalue weighted by atomic mass is 10.1. The predicted octanol–water partition coefficient (Wildman–Crippen LogP) is 6.11. The molecule has 2 aliphatic heterocycles. The van der Waals surface area contributed by atoms with Crippen LogP contribution >= 0.6 is 11.6 Å². The second-order valence-electron chi connectivity index (χ2n) is 11.8. The molecule has 4 heterocycles. The molecule has 2 saturated heterocycles. The number of imidazole rings is 1. The molecule has 6 rings (SSSR count). The number of carboxylic acid groups (broad SMARTS) is 1. The molecular weight excluding hydrogens is 674 g/mol. The molecule has 0 radical (unpaired) electrons. The molecule has 2 aromatic heterocycles. The molecule has 11 nitrogen and oxygen atoms in total. The third-order valence-corrected chi connectivity index (χ3v) is 8.69. The topological polar surface area (TPSA) is 111 Å². The first kappa shape index (κ1) is 34.5. The van der Waals surface area contributed by atoms with Crippen LogP contribution in [0.25, 0.3) is 11.0 Å². The van der Waals surface area contributed by atoms with E-state index in [-0.39, 0.29) is 40.8 Å². The molecule has 49 heavy (non-hydrogen) atoms. The zero-order chi connectivity index (χ0) is 34.7. The molecule has 0 amide bonds. The highest BCUT2D eigenvalue weighted by atomic mass is 35.5. The fraction of sp³-hybridized carbons (Fsp3) is 0.424. The number of fused-ring (bicyclic) bond motifs is 1. The number of aromatic carboxylic acids is 1. The van der Waals surface area contributed by atoms with Crippen LogP contribution in [0.3, 0.4) is 0 Å². The minimum absolute atomic E-state index is 0.00963. The molecule has 0 aliphatic carbocycles. The van der Waals surface area contributed by atoms with Gasteiger partial charge >= 0.3 is 12.6 Å². The molecule has 16 heteroatoms. The number of carbonyl (C=O) groups is 1. The molecule has 1 N–H and O–H groups in total. The maximum absolute atomic E-state index is 13.1. The Hall–Kier alpha value is -4.34. The summed E-state index contributed by atoms with van der Waals surface area (Å²) in [5.74, 6) is 0.340. The normalized spacial score (nSPS) is 18.2. The minimum atomic E-state index is -3.01. The number of piperazine rings is 1. The van der Waals surface area contributed by atoms with E-state index < -0.39 is 25.6 Å². The van der Waals surface area contributed by atoms with Crippen molar-refractivity contribution in [3.63, 3.8) is 0 Å². The number of hydrogen-bond acceptors (Lipinski definition) is 9. The van der Waals surface area contributed by atoms with Crippen LogP contribution in [0.1, 0.15) is 35.1 Å². The highest BCUT2D eigenvalue weighted by Gasteiger charge is 2.29. The van der Waals surface area contributed by atoms with E-state index in [1.807, 2.05) is 10.6 Å². The van der Waals surface area contributed by atoms with Crippen molar-refractivity contribution >= 4 is 34.4 Å². The highest BCUT2D eigenvalue weighted by molar-refractivity contribution is 6.30. The Balaban J connectivity index is 1.17. The number of aromatic nitrogens is 3. The van der Waals surface area contributed by atoms with Gasteiger partial charge in [0.15, 0.2) is 0 Å². The van der Waals surface area contributed by atoms with Crippen LogP contribution in [0.15, 0.2) is 48.5 Å². The Morgan fingerprint density at radius 1 is 1.08 bits per heavy atom. The van der Waals surface area contributed by atoms with Crippen molar-refractivity contribution < 1.29 is 46.4 Å². The van der Waals surface area contributed by atoms with E-state index in [1.165, 1.54) is 18.2 Å². The van der Waals surface area contributed by atoms with Crippen LogP contribution in [0.4, 0.5) is 23.4 Å². The summed E-state index contributed by atoms with van der Waals surface area (Å²) in [4.78, 5) is 25.7. The van der Waals surface area contributed by atoms with Crippen molar-refractivity contribution in [2.75, 3.05) is 37.7 Å². The van der Waals surface area contributed by atoms with Crippen LogP contribution < -0.4 is 19.1 Å². The second kappa shape index (κ2) is 15.0. The molecule has 0 spiro atoms. The van der Waals surface area contributed by atoms with Crippen molar-refractivity contribution in [2.45, 2.75) is 58.2 Å². The first-order valence-corrected chi connectivity index (χ1v) is 16.0. The van der Waals surface area contributed by atoms with E-state index in [0.29, 0.717) is 73.4 Å². The predicted molar refractivity (Wildman–Crippen MR) is 171 cm³/mol. The van der Waals surface area contributed by atoms with Gasteiger partial charge in [0.25, 0.3) is 6.43 Å². The van der Waals surface area contributed by atoms with Crippen LogP contribution in [-0.4, -0.2) is 88.5 Å². The van der Waals surface area contributed by atoms with Gasteiger partial charge < -0.3 is 33.5 Å². The molecule has 2 fully saturated rings. The van der Waals surface area contributed by atoms with Crippen molar-refractivity contribution in [1.82, 2.24) is 19.4 Å². The molecule has 2 atom stereocenters. The number of rotatable bonds is 14. The van der Waals surface area contributed by atoms with Gasteiger partial charge in [0.1, 0.15) is 41.9 Å². The van der Waals surface area contributed by atoms with Gasteiger partial charge in [0.2, 0.25) is 5.88 Å². The van der Waals surface area contributed by atoms with Gasteiger partial charge in [-0.2, -0.15) is 13.8 Å². The maximum Gasteiger partial charge on any atom is 0.387 e. The zero-order valence-corrected chi connectivity index (χ0v) is 27.2. The molecule has 0 saturated carbocycles. The fourth-order valence-corrected chi connectivity index (χ4v) is 6.03. The SMILES string of the molecule is C[C@H]1CN(c2cccc(OCc3ccc(Cl)cc3OC(F)F)n2)CCN1Cc1nc2c(OCC(F)F)cc(C(=O)O)cc2n1C[C@@H]1CCO1. The molecule has 0 unspecified atom stereocenters. The fourth-order valence-electron chi connectivity index (χ4n) is 5.87. The molecule has 0 bridgehead atoms. The lowest BCUT2D eigenvalue weighted by molar-refractivity contribution is -0.0592. The van der Waals surface area contributed by atoms with Crippen molar-refractivity contribution in [1.29, 1.82) is 0 Å². The first-order chi connectivity index (χ1) is 23.5. The van der Waals surface area contributed by atoms with Gasteiger partial charge in [-0.1, -0.05) is 23.7 Å². The smallest absolute Gasteiger partial charge is 0.387 e. The van der Waals surface area contributed by atoms with E-state index in [0.717, 1.165) is 6.42 Å². The van der Waals surface area contributed by atoms with Crippen LogP contribution in [0, 0.1) is 0 Å². The van der Waals surface area contributed by atoms with Gasteiger partial charge in [0, 0.05) is 48.9 Å². The van der Waals surface area contributed by atoms with E-state index >= 15 is 0 Å². The van der Waals surface area contributed by atoms with E-state index in [2.05, 4.69) is 26.4 Å². The quantitative estimate of drug-likeness (QED) is 0.154. The number of benzene rings is 2. The van der Waals surface area contributed by atoms with Gasteiger partial charge in [-0.25, -0.2) is 18.6 Å². The van der Waals surface area contributed by atoms with Gasteiger partial charge in [-0.05, 0) is 43.7 Å². The van der Waals surface area contributed by atoms with Crippen LogP contribution in [0.2, 0.25) is 5.02 Å². The van der Waals surface area contributed by atoms with Crippen molar-refractivity contribution in [3.8, 4) is 17.4 Å². The average molecular weight is 708 g/mol. The molecular formula is C33H34ClF4N5O6. The van der Waals surface area contributed by atoms with Gasteiger partial charge in [-0.3, -0.25) is 4.90 Å². The summed E-state index contributed by atoms with van der Waals surface area (Å²) < 4.78 is 75.2. The zero-order valence-electron chi connectivity index (χ0n) is 26.4. The largest absolute Gasteiger partial charge is 0.485 e. The molecule has 4 aromatic rings. The lowest BCUT2D eigenvalue weighted by Gasteiger charge is -2.40. The third kappa shape index (κ3) is 8.28. The third-order valence-electron chi connectivity index (χ3n) is 8.45. The number of anilines is 1. The highest BCUT2D eigenvalue weighted by Crippen LogP contribution is 2.32.